The molecule has 4 aromatic rings. The number of para-hydroxylation sites is 1. The van der Waals surface area contributed by atoms with Crippen molar-refractivity contribution in [2.45, 2.75) is 31.8 Å². The zero-order valence-electron chi connectivity index (χ0n) is 19.7. The smallest absolute Gasteiger partial charge is 0.255 e. The van der Waals surface area contributed by atoms with Crippen molar-refractivity contribution in [1.29, 1.82) is 0 Å². The van der Waals surface area contributed by atoms with Crippen molar-refractivity contribution in [2.24, 2.45) is 0 Å². The fraction of sp³-hybridized carbons (Fsp3) is 0.241. The van der Waals surface area contributed by atoms with Crippen LogP contribution in [0.5, 0.6) is 0 Å². The summed E-state index contributed by atoms with van der Waals surface area (Å²) >= 11 is 3.53. The van der Waals surface area contributed by atoms with Crippen molar-refractivity contribution in [1.82, 2.24) is 14.8 Å². The molecule has 0 unspecified atom stereocenters. The number of aromatic nitrogens is 1. The van der Waals surface area contributed by atoms with Crippen LogP contribution in [0.1, 0.15) is 40.8 Å². The largest absolute Gasteiger partial charge is 0.356 e. The van der Waals surface area contributed by atoms with Gasteiger partial charge in [-0.15, -0.1) is 0 Å². The van der Waals surface area contributed by atoms with Gasteiger partial charge >= 0.3 is 0 Å². The molecule has 3 aromatic carbocycles. The van der Waals surface area contributed by atoms with Gasteiger partial charge in [0.1, 0.15) is 6.54 Å². The maximum absolute atomic E-state index is 14.1. The number of benzene rings is 3. The van der Waals surface area contributed by atoms with Crippen molar-refractivity contribution >= 4 is 38.6 Å². The number of hydrogen-bond donors (Lipinski definition) is 1. The summed E-state index contributed by atoms with van der Waals surface area (Å²) in [5, 5.41) is 1.10. The molecule has 35 heavy (non-hydrogen) atoms. The summed E-state index contributed by atoms with van der Waals surface area (Å²) in [4.78, 5) is 34.8. The first kappa shape index (κ1) is 22.1. The van der Waals surface area contributed by atoms with Gasteiger partial charge in [-0.3, -0.25) is 9.59 Å². The Hall–Kier alpha value is -3.38. The van der Waals surface area contributed by atoms with Crippen LogP contribution < -0.4 is 0 Å². The molecule has 5 nitrogen and oxygen atoms in total. The number of fused-ring (bicyclic) bond motifs is 5. The highest BCUT2D eigenvalue weighted by Gasteiger charge is 2.56. The number of aromatic amines is 1. The fourth-order valence-electron chi connectivity index (χ4n) is 5.71. The number of carbonyl (C=O) groups excluding carboxylic acids is 2. The van der Waals surface area contributed by atoms with Crippen LogP contribution in [0.25, 0.3) is 10.9 Å². The maximum Gasteiger partial charge on any atom is 0.255 e. The SMILES string of the molecule is Cc1ccc(CN2CC(=O)N3C[C@@H](c4ccc(Br)cc4)c4c([nH]c5ccccc45)[C@@]3(C)C2=O)cc1. The minimum atomic E-state index is -1.08. The first-order valence-electron chi connectivity index (χ1n) is 11.9. The van der Waals surface area contributed by atoms with Crippen LogP contribution in [-0.4, -0.2) is 39.7 Å². The number of H-pyrrole nitrogens is 1. The topological polar surface area (TPSA) is 56.4 Å². The molecule has 2 atom stereocenters. The zero-order valence-corrected chi connectivity index (χ0v) is 21.3. The van der Waals surface area contributed by atoms with Gasteiger partial charge in [0.25, 0.3) is 5.91 Å². The summed E-state index contributed by atoms with van der Waals surface area (Å²) in [6.45, 7) is 4.92. The van der Waals surface area contributed by atoms with Crippen LogP contribution in [-0.2, 0) is 21.7 Å². The Labute approximate surface area is 212 Å². The number of aryl methyl sites for hydroxylation is 1. The summed E-state index contributed by atoms with van der Waals surface area (Å²) in [6, 6.07) is 24.6. The van der Waals surface area contributed by atoms with Crippen LogP contribution in [0.3, 0.4) is 0 Å². The van der Waals surface area contributed by atoms with E-state index in [0.29, 0.717) is 13.1 Å². The van der Waals surface area contributed by atoms with Crippen molar-refractivity contribution in [3.8, 4) is 0 Å². The number of rotatable bonds is 3. The monoisotopic (exact) mass is 527 g/mol. The Balaban J connectivity index is 1.49. The molecule has 2 aliphatic rings. The number of hydrogen-bond acceptors (Lipinski definition) is 2. The van der Waals surface area contributed by atoms with Crippen LogP contribution in [0.15, 0.2) is 77.3 Å². The number of carbonyl (C=O) groups is 2. The fourth-order valence-corrected chi connectivity index (χ4v) is 5.98. The van der Waals surface area contributed by atoms with Gasteiger partial charge in [-0.05, 0) is 48.7 Å². The molecule has 3 heterocycles. The summed E-state index contributed by atoms with van der Waals surface area (Å²) in [7, 11) is 0. The minimum absolute atomic E-state index is 0.0226. The Morgan fingerprint density at radius 1 is 1.00 bits per heavy atom. The standard InChI is InChI=1S/C29H26BrN3O2/c1-18-7-9-19(10-8-18)15-32-17-25(34)33-16-23(20-11-13-21(30)14-12-20)26-22-5-3-4-6-24(22)31-27(26)29(33,2)28(32)35/h3-14,23,31H,15-17H2,1-2H3/t23-,29-/m0/s1. The zero-order chi connectivity index (χ0) is 24.3. The van der Waals surface area contributed by atoms with E-state index in [1.807, 2.05) is 68.4 Å². The predicted octanol–water partition coefficient (Wildman–Crippen LogP) is 5.47. The summed E-state index contributed by atoms with van der Waals surface area (Å²) in [6.07, 6.45) is 0. The Kier molecular flexibility index (Phi) is 5.11. The number of piperazine rings is 1. The van der Waals surface area contributed by atoms with Gasteiger partial charge in [0.05, 0.1) is 5.69 Å². The lowest BCUT2D eigenvalue weighted by molar-refractivity contribution is -0.166. The number of nitrogens with zero attached hydrogens (tertiary/aromatic N) is 2. The van der Waals surface area contributed by atoms with Gasteiger partial charge in [0.2, 0.25) is 5.91 Å². The minimum Gasteiger partial charge on any atom is -0.356 e. The van der Waals surface area contributed by atoms with Gasteiger partial charge in [-0.2, -0.15) is 0 Å². The van der Waals surface area contributed by atoms with Gasteiger partial charge in [0.15, 0.2) is 5.54 Å². The van der Waals surface area contributed by atoms with E-state index >= 15 is 0 Å². The average Bonchev–Trinajstić information content (AvgIpc) is 3.25. The van der Waals surface area contributed by atoms with E-state index in [-0.39, 0.29) is 24.3 Å². The number of nitrogens with one attached hydrogen (secondary N) is 1. The first-order valence-corrected chi connectivity index (χ1v) is 12.7. The Morgan fingerprint density at radius 2 is 1.71 bits per heavy atom. The Bertz CT molecular complexity index is 1460. The van der Waals surface area contributed by atoms with Gasteiger partial charge in [0, 0.05) is 34.4 Å². The third kappa shape index (κ3) is 3.42. The molecule has 0 saturated carbocycles. The lowest BCUT2D eigenvalue weighted by Crippen LogP contribution is -2.67. The van der Waals surface area contributed by atoms with Crippen molar-refractivity contribution in [3.05, 3.63) is 105 Å². The first-order chi connectivity index (χ1) is 16.9. The van der Waals surface area contributed by atoms with E-state index in [2.05, 4.69) is 39.1 Å². The number of amides is 2. The lowest BCUT2D eigenvalue weighted by Gasteiger charge is -2.51. The molecule has 6 rings (SSSR count). The summed E-state index contributed by atoms with van der Waals surface area (Å²) < 4.78 is 1.01. The molecule has 1 aromatic heterocycles. The molecule has 0 aliphatic carbocycles. The second-order valence-corrected chi connectivity index (χ2v) is 10.7. The number of halogens is 1. The van der Waals surface area contributed by atoms with Crippen LogP contribution in [0.4, 0.5) is 0 Å². The highest BCUT2D eigenvalue weighted by Crippen LogP contribution is 2.48. The quantitative estimate of drug-likeness (QED) is 0.384. The van der Waals surface area contributed by atoms with Crippen LogP contribution in [0, 0.1) is 6.92 Å². The van der Waals surface area contributed by atoms with Crippen molar-refractivity contribution in [3.63, 3.8) is 0 Å². The summed E-state index contributed by atoms with van der Waals surface area (Å²) in [5.41, 5.74) is 5.16. The highest BCUT2D eigenvalue weighted by atomic mass is 79.9. The lowest BCUT2D eigenvalue weighted by atomic mass is 9.76. The molecule has 176 valence electrons. The van der Waals surface area contributed by atoms with Gasteiger partial charge < -0.3 is 14.8 Å². The third-order valence-corrected chi connectivity index (χ3v) is 8.11. The molecular formula is C29H26BrN3O2. The molecule has 0 spiro atoms. The molecular weight excluding hydrogens is 502 g/mol. The molecule has 0 bridgehead atoms. The second kappa shape index (κ2) is 8.09. The maximum atomic E-state index is 14.1. The molecule has 1 saturated heterocycles. The van der Waals surface area contributed by atoms with Crippen LogP contribution >= 0.6 is 15.9 Å². The molecule has 1 fully saturated rings. The molecule has 6 heteroatoms. The molecule has 1 N–H and O–H groups in total. The van der Waals surface area contributed by atoms with E-state index in [9.17, 15) is 9.59 Å². The normalized spacial score (nSPS) is 21.9. The van der Waals surface area contributed by atoms with E-state index in [4.69, 9.17) is 0 Å². The van der Waals surface area contributed by atoms with E-state index in [0.717, 1.165) is 37.8 Å². The van der Waals surface area contributed by atoms with E-state index < -0.39 is 5.54 Å². The molecule has 2 aliphatic heterocycles. The van der Waals surface area contributed by atoms with E-state index in [1.165, 1.54) is 5.56 Å². The highest BCUT2D eigenvalue weighted by molar-refractivity contribution is 9.10. The third-order valence-electron chi connectivity index (χ3n) is 7.58. The van der Waals surface area contributed by atoms with Crippen molar-refractivity contribution in [2.75, 3.05) is 13.1 Å². The predicted molar refractivity (Wildman–Crippen MR) is 140 cm³/mol. The molecule has 2 amide bonds. The van der Waals surface area contributed by atoms with Crippen LogP contribution in [0.2, 0.25) is 0 Å². The molecule has 0 radical (unpaired) electrons. The van der Waals surface area contributed by atoms with Gasteiger partial charge in [-0.25, -0.2) is 0 Å². The van der Waals surface area contributed by atoms with E-state index in [1.54, 1.807) is 9.80 Å². The van der Waals surface area contributed by atoms with Crippen molar-refractivity contribution < 1.29 is 9.59 Å². The average molecular weight is 528 g/mol. The Morgan fingerprint density at radius 3 is 2.46 bits per heavy atom. The summed E-state index contributed by atoms with van der Waals surface area (Å²) in [5.74, 6) is -0.0897. The second-order valence-electron chi connectivity index (χ2n) is 9.79. The van der Waals surface area contributed by atoms with Gasteiger partial charge in [-0.1, -0.05) is 76.1 Å².